The Labute approximate surface area is 140 Å². The van der Waals surface area contributed by atoms with Crippen molar-refractivity contribution in [2.24, 2.45) is 22.2 Å². The number of allylic oxidation sites excluding steroid dienone is 4. The van der Waals surface area contributed by atoms with Crippen LogP contribution >= 0.6 is 0 Å². The van der Waals surface area contributed by atoms with Gasteiger partial charge in [-0.2, -0.15) is 0 Å². The molecule has 4 atom stereocenters. The molecule has 0 saturated heterocycles. The fourth-order valence-electron chi connectivity index (χ4n) is 6.13. The molecule has 0 heteroatoms. The fourth-order valence-corrected chi connectivity index (χ4v) is 6.13. The molecule has 0 nitrogen and oxygen atoms in total. The highest BCUT2D eigenvalue weighted by atomic mass is 14.9. The number of fused-ring (bicyclic) bond motifs is 1. The third-order valence-corrected chi connectivity index (χ3v) is 7.86. The van der Waals surface area contributed by atoms with Gasteiger partial charge in [0, 0.05) is 12.0 Å². The van der Waals surface area contributed by atoms with Gasteiger partial charge < -0.3 is 0 Å². The molecule has 1 aromatic rings. The predicted molar refractivity (Wildman–Crippen MR) is 97.9 cm³/mol. The molecule has 0 radical (unpaired) electrons. The van der Waals surface area contributed by atoms with E-state index in [1.165, 1.54) is 11.1 Å². The Morgan fingerprint density at radius 2 is 1.74 bits per heavy atom. The average Bonchev–Trinajstić information content (AvgIpc) is 3.09. The minimum Gasteiger partial charge on any atom is -0.0937 e. The Hall–Kier alpha value is -1.74. The van der Waals surface area contributed by atoms with Crippen LogP contribution in [-0.4, -0.2) is 0 Å². The van der Waals surface area contributed by atoms with Crippen molar-refractivity contribution in [3.05, 3.63) is 53.6 Å². The van der Waals surface area contributed by atoms with E-state index in [1.807, 2.05) is 0 Å². The zero-order valence-corrected chi connectivity index (χ0v) is 14.9. The molecule has 1 aromatic carbocycles. The van der Waals surface area contributed by atoms with Gasteiger partial charge >= 0.3 is 0 Å². The van der Waals surface area contributed by atoms with Gasteiger partial charge in [0.05, 0.1) is 0 Å². The van der Waals surface area contributed by atoms with Crippen molar-refractivity contribution in [2.45, 2.75) is 47.0 Å². The normalized spacial score (nSPS) is 39.3. The van der Waals surface area contributed by atoms with Crippen LogP contribution < -0.4 is 0 Å². The minimum atomic E-state index is 0.382. The molecule has 2 fully saturated rings. The molecule has 0 aliphatic heterocycles. The number of rotatable bonds is 2. The lowest BCUT2D eigenvalue weighted by Gasteiger charge is -2.56. The van der Waals surface area contributed by atoms with Crippen LogP contribution in [0.2, 0.25) is 0 Å². The smallest absolute Gasteiger partial charge is 0.0317 e. The van der Waals surface area contributed by atoms with Crippen LogP contribution in [0.15, 0.2) is 42.5 Å². The van der Waals surface area contributed by atoms with E-state index in [9.17, 15) is 0 Å². The Balaban J connectivity index is 1.66. The van der Waals surface area contributed by atoms with Crippen LogP contribution in [0.5, 0.6) is 0 Å². The molecule has 23 heavy (non-hydrogen) atoms. The molecule has 4 unspecified atom stereocenters. The van der Waals surface area contributed by atoms with Crippen molar-refractivity contribution in [3.8, 4) is 11.8 Å². The minimum absolute atomic E-state index is 0.382. The molecule has 0 amide bonds. The summed E-state index contributed by atoms with van der Waals surface area (Å²) >= 11 is 0. The van der Waals surface area contributed by atoms with Crippen LogP contribution in [0, 0.1) is 34.0 Å². The molecule has 2 saturated carbocycles. The van der Waals surface area contributed by atoms with E-state index in [0.717, 1.165) is 17.9 Å². The van der Waals surface area contributed by atoms with Crippen LogP contribution in [-0.2, 0) is 0 Å². The molecule has 118 valence electrons. The molecule has 0 N–H and O–H groups in total. The number of benzene rings is 1. The third kappa shape index (κ3) is 1.59. The van der Waals surface area contributed by atoms with Gasteiger partial charge in [-0.25, -0.2) is 0 Å². The van der Waals surface area contributed by atoms with E-state index in [1.54, 1.807) is 0 Å². The lowest BCUT2D eigenvalue weighted by Crippen LogP contribution is -2.48. The second kappa shape index (κ2) is 4.41. The molecular formula is C23H26. The van der Waals surface area contributed by atoms with Gasteiger partial charge in [-0.1, -0.05) is 82.9 Å². The SMILES string of the molecule is CC1C2(C)C(c3ccc(C4=CC=CCC#C4)cc3)C(C)(C)C12C. The van der Waals surface area contributed by atoms with Gasteiger partial charge in [0.15, 0.2) is 0 Å². The van der Waals surface area contributed by atoms with Crippen molar-refractivity contribution >= 4 is 5.57 Å². The van der Waals surface area contributed by atoms with Crippen molar-refractivity contribution in [2.75, 3.05) is 0 Å². The van der Waals surface area contributed by atoms with Gasteiger partial charge in [0.2, 0.25) is 0 Å². The summed E-state index contributed by atoms with van der Waals surface area (Å²) in [5, 5.41) is 0. The monoisotopic (exact) mass is 302 g/mol. The summed E-state index contributed by atoms with van der Waals surface area (Å²) in [5.74, 6) is 7.95. The Morgan fingerprint density at radius 1 is 1.04 bits per heavy atom. The fraction of sp³-hybridized carbons (Fsp3) is 0.478. The van der Waals surface area contributed by atoms with Crippen LogP contribution in [0.3, 0.4) is 0 Å². The summed E-state index contributed by atoms with van der Waals surface area (Å²) in [7, 11) is 0. The van der Waals surface area contributed by atoms with Gasteiger partial charge in [-0.05, 0) is 45.3 Å². The molecule has 0 heterocycles. The summed E-state index contributed by atoms with van der Waals surface area (Å²) in [6.07, 6.45) is 7.19. The summed E-state index contributed by atoms with van der Waals surface area (Å²) in [4.78, 5) is 0. The van der Waals surface area contributed by atoms with E-state index in [4.69, 9.17) is 0 Å². The number of hydrogen-bond acceptors (Lipinski definition) is 0. The lowest BCUT2D eigenvalue weighted by molar-refractivity contribution is -0.0249. The maximum absolute atomic E-state index is 3.28. The first-order valence-electron chi connectivity index (χ1n) is 8.81. The molecule has 0 spiro atoms. The quantitative estimate of drug-likeness (QED) is 0.604. The second-order valence-electron chi connectivity index (χ2n) is 8.50. The first-order chi connectivity index (χ1) is 10.8. The molecular weight excluding hydrogens is 276 g/mol. The van der Waals surface area contributed by atoms with E-state index in [2.05, 4.69) is 89.0 Å². The maximum Gasteiger partial charge on any atom is 0.0317 e. The number of hydrogen-bond donors (Lipinski definition) is 0. The highest BCUT2D eigenvalue weighted by Crippen LogP contribution is 2.93. The van der Waals surface area contributed by atoms with Crippen LogP contribution in [0.25, 0.3) is 5.57 Å². The standard InChI is InChI=1S/C23H26/c1-16-22(4)20(21(2,3)23(16,22)5)19-14-12-18(13-15-19)17-10-8-6-7-9-11-17/h6,8,10,12-16,20H,7H2,1-5H3. The summed E-state index contributed by atoms with van der Waals surface area (Å²) < 4.78 is 0. The second-order valence-corrected chi connectivity index (χ2v) is 8.50. The Kier molecular flexibility index (Phi) is 2.85. The lowest BCUT2D eigenvalue weighted by atomic mass is 9.48. The van der Waals surface area contributed by atoms with Crippen molar-refractivity contribution < 1.29 is 0 Å². The summed E-state index contributed by atoms with van der Waals surface area (Å²) in [6, 6.07) is 9.21. The highest BCUT2D eigenvalue weighted by Gasteiger charge is 2.87. The molecule has 3 aliphatic carbocycles. The molecule has 0 bridgehead atoms. The average molecular weight is 302 g/mol. The van der Waals surface area contributed by atoms with Gasteiger partial charge in [-0.15, -0.1) is 0 Å². The van der Waals surface area contributed by atoms with Crippen LogP contribution in [0.4, 0.5) is 0 Å². The summed E-state index contributed by atoms with van der Waals surface area (Å²) in [6.45, 7) is 12.3. The van der Waals surface area contributed by atoms with E-state index >= 15 is 0 Å². The van der Waals surface area contributed by atoms with Crippen molar-refractivity contribution in [3.63, 3.8) is 0 Å². The molecule has 3 aliphatic rings. The van der Waals surface area contributed by atoms with Gasteiger partial charge in [0.25, 0.3) is 0 Å². The van der Waals surface area contributed by atoms with Crippen molar-refractivity contribution in [1.29, 1.82) is 0 Å². The van der Waals surface area contributed by atoms with Crippen molar-refractivity contribution in [1.82, 2.24) is 0 Å². The van der Waals surface area contributed by atoms with Gasteiger partial charge in [0.1, 0.15) is 0 Å². The molecule has 4 rings (SSSR count). The largest absolute Gasteiger partial charge is 0.0937 e. The third-order valence-electron chi connectivity index (χ3n) is 7.86. The van der Waals surface area contributed by atoms with E-state index in [-0.39, 0.29) is 0 Å². The highest BCUT2D eigenvalue weighted by molar-refractivity contribution is 5.80. The first kappa shape index (κ1) is 14.8. The van der Waals surface area contributed by atoms with E-state index < -0.39 is 0 Å². The van der Waals surface area contributed by atoms with Crippen LogP contribution in [0.1, 0.15) is 58.1 Å². The Morgan fingerprint density at radius 3 is 2.35 bits per heavy atom. The molecule has 0 aromatic heterocycles. The van der Waals surface area contributed by atoms with Gasteiger partial charge in [-0.3, -0.25) is 0 Å². The summed E-state index contributed by atoms with van der Waals surface area (Å²) in [5.41, 5.74) is 5.23. The first-order valence-corrected chi connectivity index (χ1v) is 8.81. The Bertz CT molecular complexity index is 764. The van der Waals surface area contributed by atoms with E-state index in [0.29, 0.717) is 22.2 Å². The zero-order chi connectivity index (χ0) is 16.5. The maximum atomic E-state index is 3.28. The zero-order valence-electron chi connectivity index (χ0n) is 14.9. The predicted octanol–water partition coefficient (Wildman–Crippen LogP) is 5.82. The topological polar surface area (TPSA) is 0 Å².